The zero-order valence-corrected chi connectivity index (χ0v) is 11.8. The molecule has 1 fully saturated rings. The monoisotopic (exact) mass is 291 g/mol. The fourth-order valence-corrected chi connectivity index (χ4v) is 3.89. The molecule has 3 rings (SSSR count). The maximum atomic E-state index is 12.5. The highest BCUT2D eigenvalue weighted by Crippen LogP contribution is 2.33. The summed E-state index contributed by atoms with van der Waals surface area (Å²) < 4.78 is 27.8. The van der Waals surface area contributed by atoms with Crippen molar-refractivity contribution in [2.75, 3.05) is 6.54 Å². The van der Waals surface area contributed by atoms with Crippen LogP contribution in [0.3, 0.4) is 0 Å². The number of nitrogens with zero attached hydrogens (tertiary/aromatic N) is 1. The van der Waals surface area contributed by atoms with Crippen LogP contribution in [-0.4, -0.2) is 26.0 Å². The van der Waals surface area contributed by atoms with Gasteiger partial charge in [-0.25, -0.2) is 13.1 Å². The highest BCUT2D eigenvalue weighted by Gasteiger charge is 2.33. The molecular weight excluding hydrogens is 274 g/mol. The third-order valence-electron chi connectivity index (χ3n) is 3.64. The van der Waals surface area contributed by atoms with Gasteiger partial charge in [-0.2, -0.15) is 0 Å². The molecule has 1 atom stereocenters. The van der Waals surface area contributed by atoms with Gasteiger partial charge in [-0.3, -0.25) is 4.98 Å². The summed E-state index contributed by atoms with van der Waals surface area (Å²) in [7, 11) is -3.60. The second kappa shape index (κ2) is 5.12. The molecule has 0 radical (unpaired) electrons. The van der Waals surface area contributed by atoms with Gasteiger partial charge in [0.05, 0.1) is 5.52 Å². The summed E-state index contributed by atoms with van der Waals surface area (Å²) in [5, 5.41) is 0.811. The van der Waals surface area contributed by atoms with Gasteiger partial charge >= 0.3 is 0 Å². The molecule has 1 aliphatic rings. The Hall–Kier alpha value is -1.50. The summed E-state index contributed by atoms with van der Waals surface area (Å²) in [6.07, 6.45) is 3.68. The van der Waals surface area contributed by atoms with E-state index in [4.69, 9.17) is 5.73 Å². The molecule has 1 aromatic carbocycles. The predicted molar refractivity (Wildman–Crippen MR) is 77.6 cm³/mol. The average Bonchev–Trinajstić information content (AvgIpc) is 3.29. The SMILES string of the molecule is NCC(NS(=O)(=O)c1cccc2cccnc12)C1CC1. The van der Waals surface area contributed by atoms with Crippen molar-refractivity contribution in [2.24, 2.45) is 11.7 Å². The smallest absolute Gasteiger partial charge is 0.243 e. The Morgan fingerprint density at radius 1 is 1.30 bits per heavy atom. The largest absolute Gasteiger partial charge is 0.329 e. The maximum absolute atomic E-state index is 12.5. The Morgan fingerprint density at radius 3 is 2.75 bits per heavy atom. The number of para-hydroxylation sites is 1. The lowest BCUT2D eigenvalue weighted by atomic mass is 10.2. The fraction of sp³-hybridized carbons (Fsp3) is 0.357. The first-order valence-electron chi connectivity index (χ1n) is 6.68. The summed E-state index contributed by atoms with van der Waals surface area (Å²) in [4.78, 5) is 4.41. The summed E-state index contributed by atoms with van der Waals surface area (Å²) in [6.45, 7) is 0.322. The van der Waals surface area contributed by atoms with Gasteiger partial charge in [0.1, 0.15) is 4.90 Å². The lowest BCUT2D eigenvalue weighted by molar-refractivity contribution is 0.519. The highest BCUT2D eigenvalue weighted by atomic mass is 32.2. The molecule has 2 aromatic rings. The standard InChI is InChI=1S/C14H17N3O2S/c15-9-12(10-6-7-10)17-20(18,19)13-5-1-3-11-4-2-8-16-14(11)13/h1-5,8,10,12,17H,6-7,9,15H2. The number of hydrogen-bond acceptors (Lipinski definition) is 4. The van der Waals surface area contributed by atoms with Gasteiger partial charge in [-0.15, -0.1) is 0 Å². The van der Waals surface area contributed by atoms with E-state index in [-0.39, 0.29) is 10.9 Å². The minimum atomic E-state index is -3.60. The third-order valence-corrected chi connectivity index (χ3v) is 5.16. The molecular formula is C14H17N3O2S. The number of fused-ring (bicyclic) bond motifs is 1. The van der Waals surface area contributed by atoms with Crippen molar-refractivity contribution < 1.29 is 8.42 Å². The van der Waals surface area contributed by atoms with Crippen LogP contribution in [0.5, 0.6) is 0 Å². The molecule has 1 heterocycles. The van der Waals surface area contributed by atoms with E-state index >= 15 is 0 Å². The Morgan fingerprint density at radius 2 is 2.05 bits per heavy atom. The minimum absolute atomic E-state index is 0.182. The van der Waals surface area contributed by atoms with Gasteiger partial charge in [-0.1, -0.05) is 18.2 Å². The van der Waals surface area contributed by atoms with E-state index in [1.54, 1.807) is 24.4 Å². The van der Waals surface area contributed by atoms with Crippen molar-refractivity contribution in [1.29, 1.82) is 0 Å². The number of nitrogens with two attached hydrogens (primary N) is 1. The topological polar surface area (TPSA) is 85.1 Å². The van der Waals surface area contributed by atoms with Crippen LogP contribution in [0, 0.1) is 5.92 Å². The molecule has 0 spiro atoms. The van der Waals surface area contributed by atoms with Gasteiger partial charge in [0, 0.05) is 24.2 Å². The summed E-state index contributed by atoms with van der Waals surface area (Å²) in [5.74, 6) is 0.373. The minimum Gasteiger partial charge on any atom is -0.329 e. The van der Waals surface area contributed by atoms with Crippen LogP contribution < -0.4 is 10.5 Å². The predicted octanol–water partition coefficient (Wildman–Crippen LogP) is 1.25. The molecule has 1 unspecified atom stereocenters. The van der Waals surface area contributed by atoms with E-state index in [9.17, 15) is 8.42 Å². The number of hydrogen-bond donors (Lipinski definition) is 2. The summed E-state index contributed by atoms with van der Waals surface area (Å²) in [5.41, 5.74) is 6.16. The number of nitrogens with one attached hydrogen (secondary N) is 1. The molecule has 106 valence electrons. The van der Waals surface area contributed by atoms with Crippen LogP contribution in [0.1, 0.15) is 12.8 Å². The van der Waals surface area contributed by atoms with Gasteiger partial charge in [0.2, 0.25) is 10.0 Å². The Kier molecular flexibility index (Phi) is 3.45. The van der Waals surface area contributed by atoms with Crippen molar-refractivity contribution in [2.45, 2.75) is 23.8 Å². The van der Waals surface area contributed by atoms with Crippen molar-refractivity contribution in [3.05, 3.63) is 36.5 Å². The zero-order valence-electron chi connectivity index (χ0n) is 11.0. The molecule has 1 aliphatic carbocycles. The maximum Gasteiger partial charge on any atom is 0.243 e. The second-order valence-corrected chi connectivity index (χ2v) is 6.81. The molecule has 3 N–H and O–H groups in total. The number of rotatable bonds is 5. The molecule has 20 heavy (non-hydrogen) atoms. The van der Waals surface area contributed by atoms with Crippen LogP contribution in [0.2, 0.25) is 0 Å². The summed E-state index contributed by atoms with van der Waals surface area (Å²) in [6, 6.07) is 8.62. The van der Waals surface area contributed by atoms with Gasteiger partial charge in [0.25, 0.3) is 0 Å². The molecule has 1 aromatic heterocycles. The lowest BCUT2D eigenvalue weighted by Gasteiger charge is -2.16. The number of sulfonamides is 1. The number of aromatic nitrogens is 1. The Labute approximate surface area is 118 Å². The van der Waals surface area contributed by atoms with Crippen LogP contribution in [0.4, 0.5) is 0 Å². The van der Waals surface area contributed by atoms with E-state index < -0.39 is 10.0 Å². The van der Waals surface area contributed by atoms with Crippen molar-refractivity contribution >= 4 is 20.9 Å². The first-order valence-corrected chi connectivity index (χ1v) is 8.16. The normalized spacial score (nSPS) is 17.2. The highest BCUT2D eigenvalue weighted by molar-refractivity contribution is 7.89. The number of pyridine rings is 1. The van der Waals surface area contributed by atoms with Gasteiger partial charge < -0.3 is 5.73 Å². The molecule has 1 saturated carbocycles. The van der Waals surface area contributed by atoms with Gasteiger partial charge in [0.15, 0.2) is 0 Å². The molecule has 0 saturated heterocycles. The lowest BCUT2D eigenvalue weighted by Crippen LogP contribution is -2.41. The molecule has 5 nitrogen and oxygen atoms in total. The van der Waals surface area contributed by atoms with Crippen LogP contribution in [-0.2, 0) is 10.0 Å². The van der Waals surface area contributed by atoms with E-state index in [1.165, 1.54) is 0 Å². The Balaban J connectivity index is 2.00. The first-order chi connectivity index (χ1) is 9.62. The van der Waals surface area contributed by atoms with E-state index in [0.29, 0.717) is 18.0 Å². The molecule has 6 heteroatoms. The van der Waals surface area contributed by atoms with E-state index in [2.05, 4.69) is 9.71 Å². The van der Waals surface area contributed by atoms with E-state index in [1.807, 2.05) is 12.1 Å². The first kappa shape index (κ1) is 13.5. The van der Waals surface area contributed by atoms with Crippen LogP contribution >= 0.6 is 0 Å². The second-order valence-electron chi connectivity index (χ2n) is 5.13. The van der Waals surface area contributed by atoms with Crippen LogP contribution in [0.15, 0.2) is 41.4 Å². The Bertz CT molecular complexity index is 721. The molecule has 0 aliphatic heterocycles. The van der Waals surface area contributed by atoms with Crippen molar-refractivity contribution in [3.8, 4) is 0 Å². The van der Waals surface area contributed by atoms with Crippen LogP contribution in [0.25, 0.3) is 10.9 Å². The zero-order chi connectivity index (χ0) is 14.2. The van der Waals surface area contributed by atoms with Gasteiger partial charge in [-0.05, 0) is 30.9 Å². The van der Waals surface area contributed by atoms with Crippen molar-refractivity contribution in [1.82, 2.24) is 9.71 Å². The fourth-order valence-electron chi connectivity index (χ4n) is 2.39. The third kappa shape index (κ3) is 2.54. The van der Waals surface area contributed by atoms with E-state index in [0.717, 1.165) is 18.2 Å². The number of benzene rings is 1. The molecule has 0 amide bonds. The summed E-state index contributed by atoms with van der Waals surface area (Å²) >= 11 is 0. The van der Waals surface area contributed by atoms with Crippen molar-refractivity contribution in [3.63, 3.8) is 0 Å². The molecule has 0 bridgehead atoms. The average molecular weight is 291 g/mol. The quantitative estimate of drug-likeness (QED) is 0.868.